The third kappa shape index (κ3) is 3.28. The summed E-state index contributed by atoms with van der Waals surface area (Å²) < 4.78 is 0.972. The second-order valence-electron chi connectivity index (χ2n) is 4.15. The van der Waals surface area contributed by atoms with Crippen molar-refractivity contribution < 1.29 is 4.79 Å². The highest BCUT2D eigenvalue weighted by atomic mass is 79.9. The van der Waals surface area contributed by atoms with Crippen LogP contribution in [0.25, 0.3) is 0 Å². The number of nitrogens with one attached hydrogen (secondary N) is 1. The lowest BCUT2D eigenvalue weighted by atomic mass is 10.1. The zero-order valence-corrected chi connectivity index (χ0v) is 12.5. The summed E-state index contributed by atoms with van der Waals surface area (Å²) in [6.07, 6.45) is 0. The molecular weight excluding hydrogens is 328 g/mol. The third-order valence-electron chi connectivity index (χ3n) is 2.67. The van der Waals surface area contributed by atoms with E-state index in [2.05, 4.69) is 21.2 Å². The van der Waals surface area contributed by atoms with E-state index in [1.807, 2.05) is 19.1 Å². The third-order valence-corrected chi connectivity index (χ3v) is 3.91. The Labute approximate surface area is 124 Å². The van der Waals surface area contributed by atoms with Crippen molar-refractivity contribution in [2.24, 2.45) is 0 Å². The molecule has 0 aliphatic carbocycles. The van der Waals surface area contributed by atoms with E-state index in [1.54, 1.807) is 24.3 Å². The van der Waals surface area contributed by atoms with Crippen molar-refractivity contribution in [1.29, 1.82) is 0 Å². The minimum atomic E-state index is -0.183. The van der Waals surface area contributed by atoms with E-state index in [9.17, 15) is 4.79 Å². The summed E-state index contributed by atoms with van der Waals surface area (Å²) in [5.41, 5.74) is 8.34. The number of nitrogen functional groups attached to an aromatic ring is 1. The van der Waals surface area contributed by atoms with E-state index in [0.29, 0.717) is 22.0 Å². The number of carbonyl (C=O) groups excluding carboxylic acids is 1. The van der Waals surface area contributed by atoms with E-state index in [4.69, 9.17) is 17.3 Å². The predicted octanol–water partition coefficient (Wildman–Crippen LogP) is 4.25. The first-order valence-corrected chi connectivity index (χ1v) is 6.77. The molecule has 0 unspecified atom stereocenters. The van der Waals surface area contributed by atoms with Crippen LogP contribution >= 0.6 is 27.5 Å². The highest BCUT2D eigenvalue weighted by Crippen LogP contribution is 2.23. The molecule has 0 radical (unpaired) electrons. The van der Waals surface area contributed by atoms with Crippen molar-refractivity contribution in [3.8, 4) is 0 Å². The van der Waals surface area contributed by atoms with Gasteiger partial charge in [0.25, 0.3) is 5.91 Å². The lowest BCUT2D eigenvalue weighted by Crippen LogP contribution is -2.12. The highest BCUT2D eigenvalue weighted by molar-refractivity contribution is 9.10. The Balaban J connectivity index is 2.20. The Bertz CT molecular complexity index is 643. The average molecular weight is 340 g/mol. The molecule has 0 aliphatic rings. The quantitative estimate of drug-likeness (QED) is 0.804. The van der Waals surface area contributed by atoms with Gasteiger partial charge in [0, 0.05) is 15.7 Å². The van der Waals surface area contributed by atoms with Crippen LogP contribution in [0.15, 0.2) is 40.9 Å². The van der Waals surface area contributed by atoms with Crippen LogP contribution < -0.4 is 11.1 Å². The summed E-state index contributed by atoms with van der Waals surface area (Å²) in [5.74, 6) is -0.183. The molecule has 0 atom stereocenters. The normalized spacial score (nSPS) is 10.3. The number of rotatable bonds is 2. The maximum Gasteiger partial charge on any atom is 0.255 e. The second-order valence-corrected chi connectivity index (χ2v) is 5.42. The fourth-order valence-corrected chi connectivity index (χ4v) is 1.97. The predicted molar refractivity (Wildman–Crippen MR) is 82.7 cm³/mol. The van der Waals surface area contributed by atoms with Gasteiger partial charge in [0.15, 0.2) is 0 Å². The van der Waals surface area contributed by atoms with Gasteiger partial charge in [-0.25, -0.2) is 0 Å². The molecule has 0 saturated heterocycles. The molecule has 5 heteroatoms. The van der Waals surface area contributed by atoms with Gasteiger partial charge in [-0.05, 0) is 48.9 Å². The van der Waals surface area contributed by atoms with E-state index in [-0.39, 0.29) is 5.91 Å². The van der Waals surface area contributed by atoms with Crippen LogP contribution in [-0.2, 0) is 0 Å². The van der Waals surface area contributed by atoms with E-state index < -0.39 is 0 Å². The number of benzene rings is 2. The van der Waals surface area contributed by atoms with Crippen LogP contribution in [0.4, 0.5) is 11.4 Å². The Morgan fingerprint density at radius 3 is 2.63 bits per heavy atom. The first kappa shape index (κ1) is 13.9. The maximum absolute atomic E-state index is 12.1. The van der Waals surface area contributed by atoms with Gasteiger partial charge < -0.3 is 11.1 Å². The summed E-state index contributed by atoms with van der Waals surface area (Å²) in [5, 5.41) is 3.25. The molecule has 19 heavy (non-hydrogen) atoms. The summed E-state index contributed by atoms with van der Waals surface area (Å²) >= 11 is 9.23. The van der Waals surface area contributed by atoms with Gasteiger partial charge in [0.1, 0.15) is 0 Å². The van der Waals surface area contributed by atoms with Crippen molar-refractivity contribution >= 4 is 44.8 Å². The monoisotopic (exact) mass is 338 g/mol. The maximum atomic E-state index is 12.1. The van der Waals surface area contributed by atoms with Crippen molar-refractivity contribution in [3.05, 3.63) is 57.0 Å². The fourth-order valence-electron chi connectivity index (χ4n) is 1.61. The zero-order chi connectivity index (χ0) is 14.0. The smallest absolute Gasteiger partial charge is 0.255 e. The first-order valence-electron chi connectivity index (χ1n) is 5.60. The molecule has 0 saturated carbocycles. The largest absolute Gasteiger partial charge is 0.397 e. The number of amides is 1. The lowest BCUT2D eigenvalue weighted by Gasteiger charge is -2.08. The van der Waals surface area contributed by atoms with Crippen LogP contribution in [0.5, 0.6) is 0 Å². The number of hydrogen-bond donors (Lipinski definition) is 2. The van der Waals surface area contributed by atoms with Crippen LogP contribution in [0, 0.1) is 6.92 Å². The number of nitrogens with two attached hydrogens (primary N) is 1. The van der Waals surface area contributed by atoms with Crippen LogP contribution in [-0.4, -0.2) is 5.91 Å². The number of anilines is 2. The average Bonchev–Trinajstić information content (AvgIpc) is 2.37. The van der Waals surface area contributed by atoms with E-state index >= 15 is 0 Å². The Hall–Kier alpha value is -1.52. The molecule has 3 nitrogen and oxygen atoms in total. The Kier molecular flexibility index (Phi) is 4.12. The minimum absolute atomic E-state index is 0.183. The van der Waals surface area contributed by atoms with E-state index in [1.165, 1.54) is 0 Å². The molecule has 2 rings (SSSR count). The topological polar surface area (TPSA) is 55.1 Å². The molecule has 2 aromatic carbocycles. The first-order chi connectivity index (χ1) is 8.97. The van der Waals surface area contributed by atoms with Crippen LogP contribution in [0.3, 0.4) is 0 Å². The Morgan fingerprint density at radius 1 is 1.26 bits per heavy atom. The summed E-state index contributed by atoms with van der Waals surface area (Å²) in [6.45, 7) is 1.93. The molecule has 2 aromatic rings. The van der Waals surface area contributed by atoms with Crippen LogP contribution in [0.2, 0.25) is 5.02 Å². The van der Waals surface area contributed by atoms with Gasteiger partial charge in [-0.3, -0.25) is 4.79 Å². The standard InChI is InChI=1S/C14H12BrClN2O/c1-8-6-9(2-4-11(8)15)14(19)18-10-3-5-12(16)13(17)7-10/h2-7H,17H2,1H3,(H,18,19). The molecular formula is C14H12BrClN2O. The second kappa shape index (κ2) is 5.63. The van der Waals surface area contributed by atoms with E-state index in [0.717, 1.165) is 10.0 Å². The van der Waals surface area contributed by atoms with Gasteiger partial charge in [-0.15, -0.1) is 0 Å². The molecule has 0 aromatic heterocycles. The van der Waals surface area contributed by atoms with Crippen molar-refractivity contribution in [2.75, 3.05) is 11.1 Å². The van der Waals surface area contributed by atoms with Crippen molar-refractivity contribution in [1.82, 2.24) is 0 Å². The van der Waals surface area contributed by atoms with Gasteiger partial charge in [0.2, 0.25) is 0 Å². The molecule has 98 valence electrons. The van der Waals surface area contributed by atoms with Crippen molar-refractivity contribution in [3.63, 3.8) is 0 Å². The SMILES string of the molecule is Cc1cc(C(=O)Nc2ccc(Cl)c(N)c2)ccc1Br. The number of halogens is 2. The van der Waals surface area contributed by atoms with Gasteiger partial charge in [0.05, 0.1) is 10.7 Å². The van der Waals surface area contributed by atoms with Gasteiger partial charge in [-0.1, -0.05) is 27.5 Å². The molecule has 0 fully saturated rings. The molecule has 1 amide bonds. The summed E-state index contributed by atoms with van der Waals surface area (Å²) in [7, 11) is 0. The van der Waals surface area contributed by atoms with Crippen molar-refractivity contribution in [2.45, 2.75) is 6.92 Å². The summed E-state index contributed by atoms with van der Waals surface area (Å²) in [4.78, 5) is 12.1. The molecule has 0 heterocycles. The highest BCUT2D eigenvalue weighted by Gasteiger charge is 2.08. The Morgan fingerprint density at radius 2 is 2.00 bits per heavy atom. The zero-order valence-electron chi connectivity index (χ0n) is 10.2. The van der Waals surface area contributed by atoms with Gasteiger partial charge in [-0.2, -0.15) is 0 Å². The number of carbonyl (C=O) groups is 1. The molecule has 0 spiro atoms. The molecule has 0 aliphatic heterocycles. The minimum Gasteiger partial charge on any atom is -0.397 e. The summed E-state index contributed by atoms with van der Waals surface area (Å²) in [6, 6.07) is 10.4. The fraction of sp³-hybridized carbons (Fsp3) is 0.0714. The molecule has 0 bridgehead atoms. The number of aryl methyl sites for hydroxylation is 1. The lowest BCUT2D eigenvalue weighted by molar-refractivity contribution is 0.102. The van der Waals surface area contributed by atoms with Gasteiger partial charge >= 0.3 is 0 Å². The van der Waals surface area contributed by atoms with Crippen LogP contribution in [0.1, 0.15) is 15.9 Å². The molecule has 3 N–H and O–H groups in total. The number of hydrogen-bond acceptors (Lipinski definition) is 2.